The number of rotatable bonds is 19. The third-order valence-electron chi connectivity index (χ3n) is 4.40. The smallest absolute Gasteiger partial charge is 0.305 e. The first kappa shape index (κ1) is 25.4. The van der Waals surface area contributed by atoms with Crippen LogP contribution in [0, 0.1) is 11.8 Å². The molecule has 0 aromatic heterocycles. The van der Waals surface area contributed by atoms with Crippen LogP contribution in [-0.2, 0) is 19.0 Å². The zero-order valence-electron chi connectivity index (χ0n) is 17.9. The highest BCUT2D eigenvalue weighted by molar-refractivity contribution is 5.69. The minimum atomic E-state index is -0.0836. The molecular formula is C22H44O4. The minimum absolute atomic E-state index is 0.0836. The molecule has 0 aromatic carbocycles. The van der Waals surface area contributed by atoms with E-state index in [1.165, 1.54) is 51.4 Å². The van der Waals surface area contributed by atoms with Gasteiger partial charge < -0.3 is 14.2 Å². The molecule has 156 valence electrons. The second-order valence-corrected chi connectivity index (χ2v) is 7.73. The number of carbonyl (C=O) groups excluding carboxylic acids is 1. The lowest BCUT2D eigenvalue weighted by Gasteiger charge is -2.16. The van der Waals surface area contributed by atoms with Crippen molar-refractivity contribution in [1.82, 2.24) is 0 Å². The lowest BCUT2D eigenvalue weighted by molar-refractivity contribution is -0.145. The third-order valence-corrected chi connectivity index (χ3v) is 4.40. The summed E-state index contributed by atoms with van der Waals surface area (Å²) in [5.41, 5.74) is 0. The van der Waals surface area contributed by atoms with Gasteiger partial charge >= 0.3 is 5.97 Å². The van der Waals surface area contributed by atoms with Crippen LogP contribution in [0.5, 0.6) is 0 Å². The van der Waals surface area contributed by atoms with Crippen LogP contribution in [0.1, 0.15) is 91.9 Å². The van der Waals surface area contributed by atoms with Gasteiger partial charge in [0.05, 0.1) is 19.8 Å². The molecule has 0 saturated heterocycles. The molecule has 0 fully saturated rings. The van der Waals surface area contributed by atoms with Gasteiger partial charge in [-0.1, -0.05) is 66.2 Å². The molecule has 1 atom stereocenters. The van der Waals surface area contributed by atoms with Crippen molar-refractivity contribution in [2.24, 2.45) is 11.8 Å². The zero-order chi connectivity index (χ0) is 19.5. The van der Waals surface area contributed by atoms with Crippen LogP contribution in [0.2, 0.25) is 0 Å². The molecule has 0 amide bonds. The number of esters is 1. The predicted molar refractivity (Wildman–Crippen MR) is 108 cm³/mol. The quantitative estimate of drug-likeness (QED) is 0.213. The molecule has 0 aromatic rings. The van der Waals surface area contributed by atoms with Gasteiger partial charge in [0, 0.05) is 19.6 Å². The summed E-state index contributed by atoms with van der Waals surface area (Å²) in [7, 11) is 0. The Kier molecular flexibility index (Phi) is 18.7. The molecule has 0 spiro atoms. The van der Waals surface area contributed by atoms with E-state index in [-0.39, 0.29) is 5.97 Å². The Morgan fingerprint density at radius 2 is 1.46 bits per heavy atom. The van der Waals surface area contributed by atoms with Crippen molar-refractivity contribution in [1.29, 1.82) is 0 Å². The first-order chi connectivity index (χ1) is 12.6. The number of hydrogen-bond acceptors (Lipinski definition) is 4. The monoisotopic (exact) mass is 372 g/mol. The first-order valence-corrected chi connectivity index (χ1v) is 10.9. The Bertz CT molecular complexity index is 305. The molecule has 4 nitrogen and oxygen atoms in total. The van der Waals surface area contributed by atoms with Gasteiger partial charge in [-0.25, -0.2) is 0 Å². The minimum Gasteiger partial charge on any atom is -0.465 e. The molecule has 0 aliphatic heterocycles. The van der Waals surface area contributed by atoms with E-state index in [2.05, 4.69) is 27.7 Å². The summed E-state index contributed by atoms with van der Waals surface area (Å²) in [4.78, 5) is 11.9. The van der Waals surface area contributed by atoms with Crippen LogP contribution in [0.15, 0.2) is 0 Å². The summed E-state index contributed by atoms with van der Waals surface area (Å²) < 4.78 is 16.4. The fourth-order valence-corrected chi connectivity index (χ4v) is 2.80. The summed E-state index contributed by atoms with van der Waals surface area (Å²) in [5.74, 6) is 1.00. The van der Waals surface area contributed by atoms with Gasteiger partial charge in [0.1, 0.15) is 0 Å². The predicted octanol–water partition coefficient (Wildman–Crippen LogP) is 5.78. The Hall–Kier alpha value is -0.610. The molecule has 26 heavy (non-hydrogen) atoms. The number of ether oxygens (including phenoxy) is 3. The highest BCUT2D eigenvalue weighted by atomic mass is 16.5. The van der Waals surface area contributed by atoms with E-state index in [0.29, 0.717) is 44.7 Å². The molecule has 4 heteroatoms. The average molecular weight is 373 g/mol. The second-order valence-electron chi connectivity index (χ2n) is 7.73. The Morgan fingerprint density at radius 1 is 0.769 bits per heavy atom. The molecule has 0 aliphatic rings. The SMILES string of the molecule is CCCCCCC(CCCC)COC(=O)CCCOCCOCC(C)C. The van der Waals surface area contributed by atoms with Crippen molar-refractivity contribution in [3.63, 3.8) is 0 Å². The molecule has 0 aliphatic carbocycles. The summed E-state index contributed by atoms with van der Waals surface area (Å²) in [6.45, 7) is 11.9. The van der Waals surface area contributed by atoms with Gasteiger partial charge in [-0.15, -0.1) is 0 Å². The van der Waals surface area contributed by atoms with E-state index in [1.54, 1.807) is 0 Å². The van der Waals surface area contributed by atoms with Crippen molar-refractivity contribution in [3.05, 3.63) is 0 Å². The van der Waals surface area contributed by atoms with Crippen molar-refractivity contribution in [2.45, 2.75) is 91.9 Å². The van der Waals surface area contributed by atoms with Crippen molar-refractivity contribution >= 4 is 5.97 Å². The van der Waals surface area contributed by atoms with Gasteiger partial charge in [-0.2, -0.15) is 0 Å². The summed E-state index contributed by atoms with van der Waals surface area (Å²) >= 11 is 0. The van der Waals surface area contributed by atoms with E-state index < -0.39 is 0 Å². The molecule has 0 N–H and O–H groups in total. The molecule has 0 saturated carbocycles. The van der Waals surface area contributed by atoms with Crippen molar-refractivity contribution < 1.29 is 19.0 Å². The lowest BCUT2D eigenvalue weighted by atomic mass is 9.96. The molecule has 0 radical (unpaired) electrons. The largest absolute Gasteiger partial charge is 0.465 e. The van der Waals surface area contributed by atoms with Gasteiger partial charge in [0.2, 0.25) is 0 Å². The van der Waals surface area contributed by atoms with E-state index in [4.69, 9.17) is 14.2 Å². The maximum absolute atomic E-state index is 11.9. The number of unbranched alkanes of at least 4 members (excludes halogenated alkanes) is 4. The molecule has 1 unspecified atom stereocenters. The maximum atomic E-state index is 11.9. The fraction of sp³-hybridized carbons (Fsp3) is 0.955. The Morgan fingerprint density at radius 3 is 2.15 bits per heavy atom. The van der Waals surface area contributed by atoms with Crippen LogP contribution in [0.25, 0.3) is 0 Å². The maximum Gasteiger partial charge on any atom is 0.305 e. The topological polar surface area (TPSA) is 44.8 Å². The summed E-state index contributed by atoms with van der Waals surface area (Å²) in [6, 6.07) is 0. The average Bonchev–Trinajstić information content (AvgIpc) is 2.62. The lowest BCUT2D eigenvalue weighted by Crippen LogP contribution is -2.15. The van der Waals surface area contributed by atoms with Crippen LogP contribution < -0.4 is 0 Å². The van der Waals surface area contributed by atoms with E-state index >= 15 is 0 Å². The van der Waals surface area contributed by atoms with Gasteiger partial charge in [-0.3, -0.25) is 4.79 Å². The second kappa shape index (κ2) is 19.2. The third kappa shape index (κ3) is 18.2. The molecular weight excluding hydrogens is 328 g/mol. The van der Waals surface area contributed by atoms with E-state index in [1.807, 2.05) is 0 Å². The highest BCUT2D eigenvalue weighted by Crippen LogP contribution is 2.18. The highest BCUT2D eigenvalue weighted by Gasteiger charge is 2.11. The molecule has 0 heterocycles. The standard InChI is InChI=1S/C22H44O4/c1-5-7-9-10-13-21(12-8-6-2)19-26-22(23)14-11-15-24-16-17-25-18-20(3)4/h20-21H,5-19H2,1-4H3. The van der Waals surface area contributed by atoms with Gasteiger partial charge in [0.25, 0.3) is 0 Å². The van der Waals surface area contributed by atoms with E-state index in [0.717, 1.165) is 13.0 Å². The fourth-order valence-electron chi connectivity index (χ4n) is 2.80. The van der Waals surface area contributed by atoms with Crippen LogP contribution in [-0.4, -0.2) is 39.0 Å². The Balaban J connectivity index is 3.67. The normalized spacial score (nSPS) is 12.5. The van der Waals surface area contributed by atoms with Crippen molar-refractivity contribution in [3.8, 4) is 0 Å². The zero-order valence-corrected chi connectivity index (χ0v) is 17.9. The molecule has 0 bridgehead atoms. The van der Waals surface area contributed by atoms with Gasteiger partial charge in [0.15, 0.2) is 0 Å². The summed E-state index contributed by atoms with van der Waals surface area (Å²) in [5, 5.41) is 0. The summed E-state index contributed by atoms with van der Waals surface area (Å²) in [6.07, 6.45) is 11.1. The molecule has 0 rings (SSSR count). The van der Waals surface area contributed by atoms with Crippen molar-refractivity contribution in [2.75, 3.05) is 33.0 Å². The number of carbonyl (C=O) groups is 1. The van der Waals surface area contributed by atoms with Crippen LogP contribution in [0.4, 0.5) is 0 Å². The number of hydrogen-bond donors (Lipinski definition) is 0. The van der Waals surface area contributed by atoms with Crippen LogP contribution in [0.3, 0.4) is 0 Å². The van der Waals surface area contributed by atoms with Crippen LogP contribution >= 0.6 is 0 Å². The van der Waals surface area contributed by atoms with Gasteiger partial charge in [-0.05, 0) is 31.1 Å². The van der Waals surface area contributed by atoms with E-state index in [9.17, 15) is 4.79 Å². The Labute approximate surface area is 162 Å². The first-order valence-electron chi connectivity index (χ1n) is 10.9.